The van der Waals surface area contributed by atoms with E-state index in [4.69, 9.17) is 16.3 Å². The molecule has 0 radical (unpaired) electrons. The predicted molar refractivity (Wildman–Crippen MR) is 81.0 cm³/mol. The van der Waals surface area contributed by atoms with E-state index in [9.17, 15) is 4.79 Å². The molecule has 0 saturated carbocycles. The summed E-state index contributed by atoms with van der Waals surface area (Å²) in [4.78, 5) is 11.4. The van der Waals surface area contributed by atoms with Gasteiger partial charge in [-0.05, 0) is 30.9 Å². The number of halogens is 1. The van der Waals surface area contributed by atoms with Gasteiger partial charge < -0.3 is 10.1 Å². The summed E-state index contributed by atoms with van der Waals surface area (Å²) in [6.07, 6.45) is 7.77. The van der Waals surface area contributed by atoms with Gasteiger partial charge in [-0.25, -0.2) is 0 Å². The number of esters is 1. The van der Waals surface area contributed by atoms with E-state index in [-0.39, 0.29) is 12.1 Å². The average Bonchev–Trinajstić information content (AvgIpc) is 2.69. The smallest absolute Gasteiger partial charge is 0.303 e. The largest absolute Gasteiger partial charge is 0.456 e. The Labute approximate surface area is 125 Å². The number of dihydropyridines is 1. The first-order valence-electron chi connectivity index (χ1n) is 7.31. The first kappa shape index (κ1) is 15.2. The van der Waals surface area contributed by atoms with Crippen LogP contribution >= 0.6 is 11.6 Å². The SMILES string of the molecule is CCC=C1C=C(Cl)C2=C(N1)C(OC(C)=O)C(CCC)C2. The molecule has 1 N–H and O–H groups in total. The van der Waals surface area contributed by atoms with Gasteiger partial charge in [-0.15, -0.1) is 0 Å². The molecule has 1 aliphatic heterocycles. The Balaban J connectivity index is 2.29. The minimum Gasteiger partial charge on any atom is -0.456 e. The Morgan fingerprint density at radius 2 is 2.30 bits per heavy atom. The molecular weight excluding hydrogens is 274 g/mol. The maximum atomic E-state index is 11.4. The van der Waals surface area contributed by atoms with Gasteiger partial charge in [-0.1, -0.05) is 37.9 Å². The fourth-order valence-electron chi connectivity index (χ4n) is 2.96. The van der Waals surface area contributed by atoms with Gasteiger partial charge in [0.05, 0.1) is 5.70 Å². The van der Waals surface area contributed by atoms with E-state index in [1.807, 2.05) is 6.08 Å². The zero-order chi connectivity index (χ0) is 14.7. The second-order valence-electron chi connectivity index (χ2n) is 5.36. The monoisotopic (exact) mass is 295 g/mol. The molecule has 0 aromatic rings. The first-order chi connectivity index (χ1) is 9.56. The lowest BCUT2D eigenvalue weighted by Gasteiger charge is -2.24. The van der Waals surface area contributed by atoms with Gasteiger partial charge in [0, 0.05) is 23.6 Å². The Kier molecular flexibility index (Phi) is 4.92. The van der Waals surface area contributed by atoms with Crippen molar-refractivity contribution in [3.05, 3.63) is 34.2 Å². The van der Waals surface area contributed by atoms with Crippen LogP contribution in [-0.4, -0.2) is 12.1 Å². The zero-order valence-corrected chi connectivity index (χ0v) is 13.1. The zero-order valence-electron chi connectivity index (χ0n) is 12.3. The third-order valence-electron chi connectivity index (χ3n) is 3.73. The number of carbonyl (C=O) groups excluding carboxylic acids is 1. The minimum absolute atomic E-state index is 0.190. The lowest BCUT2D eigenvalue weighted by atomic mass is 9.97. The van der Waals surface area contributed by atoms with Gasteiger partial charge in [0.2, 0.25) is 0 Å². The van der Waals surface area contributed by atoms with Crippen molar-refractivity contribution in [2.24, 2.45) is 5.92 Å². The molecule has 0 saturated heterocycles. The Morgan fingerprint density at radius 3 is 2.90 bits per heavy atom. The molecule has 2 unspecified atom stereocenters. The van der Waals surface area contributed by atoms with E-state index in [1.54, 1.807) is 0 Å². The van der Waals surface area contributed by atoms with E-state index in [1.165, 1.54) is 6.92 Å². The molecule has 2 atom stereocenters. The highest BCUT2D eigenvalue weighted by molar-refractivity contribution is 6.32. The molecule has 1 heterocycles. The molecule has 3 nitrogen and oxygen atoms in total. The first-order valence-corrected chi connectivity index (χ1v) is 7.69. The molecule has 2 rings (SSSR count). The maximum Gasteiger partial charge on any atom is 0.303 e. The van der Waals surface area contributed by atoms with Crippen LogP contribution in [-0.2, 0) is 9.53 Å². The number of carbonyl (C=O) groups is 1. The molecule has 20 heavy (non-hydrogen) atoms. The normalized spacial score (nSPS) is 27.2. The highest BCUT2D eigenvalue weighted by Crippen LogP contribution is 2.42. The Morgan fingerprint density at radius 1 is 1.55 bits per heavy atom. The molecule has 0 aromatic carbocycles. The summed E-state index contributed by atoms with van der Waals surface area (Å²) in [5, 5.41) is 4.17. The van der Waals surface area contributed by atoms with Crippen molar-refractivity contribution >= 4 is 17.6 Å². The fourth-order valence-corrected chi connectivity index (χ4v) is 3.26. The van der Waals surface area contributed by atoms with Crippen LogP contribution in [0.5, 0.6) is 0 Å². The van der Waals surface area contributed by atoms with Gasteiger partial charge >= 0.3 is 5.97 Å². The molecule has 0 spiro atoms. The number of nitrogens with one attached hydrogen (secondary N) is 1. The van der Waals surface area contributed by atoms with E-state index < -0.39 is 0 Å². The van der Waals surface area contributed by atoms with Gasteiger partial charge in [0.15, 0.2) is 0 Å². The van der Waals surface area contributed by atoms with Crippen LogP contribution in [0, 0.1) is 5.92 Å². The summed E-state index contributed by atoms with van der Waals surface area (Å²) in [6, 6.07) is 0. The fraction of sp³-hybridized carbons (Fsp3) is 0.562. The molecule has 2 aliphatic rings. The number of allylic oxidation sites excluding steroid dienone is 4. The van der Waals surface area contributed by atoms with Gasteiger partial charge in [-0.3, -0.25) is 4.79 Å². The van der Waals surface area contributed by atoms with Crippen molar-refractivity contribution < 1.29 is 9.53 Å². The molecule has 0 amide bonds. The number of ether oxygens (including phenoxy) is 1. The second-order valence-corrected chi connectivity index (χ2v) is 5.77. The second kappa shape index (κ2) is 6.49. The van der Waals surface area contributed by atoms with E-state index >= 15 is 0 Å². The molecule has 4 heteroatoms. The van der Waals surface area contributed by atoms with Crippen molar-refractivity contribution in [3.63, 3.8) is 0 Å². The number of rotatable bonds is 4. The topological polar surface area (TPSA) is 38.3 Å². The van der Waals surface area contributed by atoms with Crippen LogP contribution in [0.4, 0.5) is 0 Å². The maximum absolute atomic E-state index is 11.4. The lowest BCUT2D eigenvalue weighted by Crippen LogP contribution is -2.31. The highest BCUT2D eigenvalue weighted by Gasteiger charge is 2.39. The van der Waals surface area contributed by atoms with Crippen molar-refractivity contribution in [1.82, 2.24) is 5.32 Å². The quantitative estimate of drug-likeness (QED) is 0.796. The Hall–Kier alpha value is -1.22. The van der Waals surface area contributed by atoms with Crippen molar-refractivity contribution in [1.29, 1.82) is 0 Å². The standard InChI is InChI=1S/C16H22ClNO2/c1-4-6-11-8-13-14(17)9-12(7-5-2)18-15(13)16(11)20-10(3)19/h7,9,11,16,18H,4-6,8H2,1-3H3. The van der Waals surface area contributed by atoms with Crippen LogP contribution in [0.25, 0.3) is 0 Å². The summed E-state index contributed by atoms with van der Waals surface area (Å²) in [7, 11) is 0. The van der Waals surface area contributed by atoms with E-state index in [0.717, 1.165) is 47.7 Å². The average molecular weight is 296 g/mol. The van der Waals surface area contributed by atoms with Crippen LogP contribution in [0.15, 0.2) is 34.2 Å². The van der Waals surface area contributed by atoms with E-state index in [0.29, 0.717) is 5.92 Å². The number of hydrogen-bond donors (Lipinski definition) is 1. The molecule has 1 aliphatic carbocycles. The summed E-state index contributed by atoms with van der Waals surface area (Å²) >= 11 is 6.40. The van der Waals surface area contributed by atoms with Gasteiger partial charge in [0.1, 0.15) is 6.10 Å². The molecular formula is C16H22ClNO2. The summed E-state index contributed by atoms with van der Waals surface area (Å²) < 4.78 is 5.55. The van der Waals surface area contributed by atoms with Crippen LogP contribution in [0.3, 0.4) is 0 Å². The molecule has 0 aromatic heterocycles. The minimum atomic E-state index is -0.238. The predicted octanol–water partition coefficient (Wildman–Crippen LogP) is 4.01. The highest BCUT2D eigenvalue weighted by atomic mass is 35.5. The summed E-state index contributed by atoms with van der Waals surface area (Å²) in [5.41, 5.74) is 3.07. The summed E-state index contributed by atoms with van der Waals surface area (Å²) in [5.74, 6) is 0.0860. The third kappa shape index (κ3) is 3.09. The van der Waals surface area contributed by atoms with Gasteiger partial charge in [0.25, 0.3) is 0 Å². The van der Waals surface area contributed by atoms with Crippen LogP contribution in [0.1, 0.15) is 46.5 Å². The molecule has 0 bridgehead atoms. The molecule has 0 fully saturated rings. The number of hydrogen-bond acceptors (Lipinski definition) is 3. The van der Waals surface area contributed by atoms with Crippen molar-refractivity contribution in [2.45, 2.75) is 52.6 Å². The van der Waals surface area contributed by atoms with Crippen LogP contribution < -0.4 is 5.32 Å². The third-order valence-corrected chi connectivity index (χ3v) is 4.07. The van der Waals surface area contributed by atoms with Crippen LogP contribution in [0.2, 0.25) is 0 Å². The van der Waals surface area contributed by atoms with Crippen molar-refractivity contribution in [2.75, 3.05) is 0 Å². The Bertz CT molecular complexity index is 491. The van der Waals surface area contributed by atoms with Crippen molar-refractivity contribution in [3.8, 4) is 0 Å². The summed E-state index contributed by atoms with van der Waals surface area (Å²) in [6.45, 7) is 5.69. The van der Waals surface area contributed by atoms with Gasteiger partial charge in [-0.2, -0.15) is 0 Å². The molecule has 110 valence electrons. The van der Waals surface area contributed by atoms with E-state index in [2.05, 4.69) is 25.2 Å². The lowest BCUT2D eigenvalue weighted by molar-refractivity contribution is -0.146.